The predicted molar refractivity (Wildman–Crippen MR) is 89.4 cm³/mol. The van der Waals surface area contributed by atoms with Gasteiger partial charge in [-0.15, -0.1) is 0 Å². The third kappa shape index (κ3) is 4.26. The molecule has 0 aliphatic heterocycles. The molecule has 0 aliphatic carbocycles. The van der Waals surface area contributed by atoms with Crippen LogP contribution in [-0.2, 0) is 11.2 Å². The second-order valence-electron chi connectivity index (χ2n) is 5.26. The summed E-state index contributed by atoms with van der Waals surface area (Å²) in [6.07, 6.45) is 9.10. The van der Waals surface area contributed by atoms with E-state index in [1.807, 2.05) is 41.1 Å². The third-order valence-electron chi connectivity index (χ3n) is 3.51. The number of rotatable bonds is 6. The topological polar surface area (TPSA) is 59.8 Å². The van der Waals surface area contributed by atoms with E-state index in [0.29, 0.717) is 12.1 Å². The Morgan fingerprint density at radius 2 is 2.00 bits per heavy atom. The fourth-order valence-electron chi connectivity index (χ4n) is 2.33. The minimum atomic E-state index is 0.0121. The zero-order valence-corrected chi connectivity index (χ0v) is 12.7. The predicted octanol–water partition coefficient (Wildman–Crippen LogP) is 3.23. The summed E-state index contributed by atoms with van der Waals surface area (Å²) in [5.74, 6) is 0.780. The Morgan fingerprint density at radius 1 is 1.13 bits per heavy atom. The molecule has 116 valence electrons. The molecule has 1 amide bonds. The number of aromatic nitrogens is 3. The minimum absolute atomic E-state index is 0.0121. The van der Waals surface area contributed by atoms with Gasteiger partial charge in [-0.05, 0) is 30.5 Å². The summed E-state index contributed by atoms with van der Waals surface area (Å²) in [5, 5.41) is 2.87. The highest BCUT2D eigenvalue weighted by Gasteiger charge is 2.04. The van der Waals surface area contributed by atoms with Gasteiger partial charge in [0.1, 0.15) is 12.1 Å². The number of carbonyl (C=O) groups is 1. The lowest BCUT2D eigenvalue weighted by Gasteiger charge is -2.06. The molecule has 2 aromatic heterocycles. The zero-order valence-electron chi connectivity index (χ0n) is 12.7. The zero-order chi connectivity index (χ0) is 15.9. The highest BCUT2D eigenvalue weighted by molar-refractivity contribution is 5.90. The molecule has 1 aromatic carbocycles. The number of nitrogens with one attached hydrogen (secondary N) is 1. The highest BCUT2D eigenvalue weighted by Crippen LogP contribution is 2.11. The quantitative estimate of drug-likeness (QED) is 0.760. The Hall–Kier alpha value is -2.95. The smallest absolute Gasteiger partial charge is 0.224 e. The molecule has 3 rings (SSSR count). The number of amides is 1. The lowest BCUT2D eigenvalue weighted by atomic mass is 10.1. The first-order valence-corrected chi connectivity index (χ1v) is 7.59. The molecule has 0 bridgehead atoms. The van der Waals surface area contributed by atoms with Crippen LogP contribution in [0.4, 0.5) is 5.69 Å². The van der Waals surface area contributed by atoms with Crippen LogP contribution in [0.25, 0.3) is 5.82 Å². The molecule has 0 spiro atoms. The molecule has 0 saturated heterocycles. The van der Waals surface area contributed by atoms with Gasteiger partial charge in [0.25, 0.3) is 0 Å². The van der Waals surface area contributed by atoms with Crippen molar-refractivity contribution in [3.05, 3.63) is 72.9 Å². The highest BCUT2D eigenvalue weighted by atomic mass is 16.1. The van der Waals surface area contributed by atoms with Crippen LogP contribution in [0.3, 0.4) is 0 Å². The molecule has 0 unspecified atom stereocenters. The van der Waals surface area contributed by atoms with E-state index >= 15 is 0 Å². The van der Waals surface area contributed by atoms with Gasteiger partial charge in [0.05, 0.1) is 11.9 Å². The maximum Gasteiger partial charge on any atom is 0.224 e. The van der Waals surface area contributed by atoms with Crippen LogP contribution in [0.5, 0.6) is 0 Å². The fraction of sp³-hybridized carbons (Fsp3) is 0.167. The molecule has 0 saturated carbocycles. The number of hydrogen-bond donors (Lipinski definition) is 1. The van der Waals surface area contributed by atoms with Crippen molar-refractivity contribution in [2.45, 2.75) is 19.3 Å². The largest absolute Gasteiger partial charge is 0.325 e. The van der Waals surface area contributed by atoms with E-state index in [1.165, 1.54) is 5.56 Å². The fourth-order valence-corrected chi connectivity index (χ4v) is 2.33. The Labute approximate surface area is 135 Å². The van der Waals surface area contributed by atoms with E-state index in [4.69, 9.17) is 0 Å². The first kappa shape index (κ1) is 15.0. The number of carbonyl (C=O) groups excluding carboxylic acids is 1. The van der Waals surface area contributed by atoms with Gasteiger partial charge in [0.15, 0.2) is 0 Å². The average Bonchev–Trinajstić information content (AvgIpc) is 3.11. The number of nitrogens with zero attached hydrogens (tertiary/aromatic N) is 3. The van der Waals surface area contributed by atoms with E-state index in [1.54, 1.807) is 18.7 Å². The van der Waals surface area contributed by atoms with Crippen molar-refractivity contribution in [3.63, 3.8) is 0 Å². The number of benzene rings is 1. The molecule has 1 N–H and O–H groups in total. The van der Waals surface area contributed by atoms with Gasteiger partial charge < -0.3 is 5.32 Å². The minimum Gasteiger partial charge on any atom is -0.325 e. The van der Waals surface area contributed by atoms with E-state index in [-0.39, 0.29) is 5.91 Å². The van der Waals surface area contributed by atoms with Crippen molar-refractivity contribution in [1.29, 1.82) is 0 Å². The summed E-state index contributed by atoms with van der Waals surface area (Å²) in [5.41, 5.74) is 1.96. The Balaban J connectivity index is 1.48. The van der Waals surface area contributed by atoms with Crippen LogP contribution in [-0.4, -0.2) is 20.4 Å². The van der Waals surface area contributed by atoms with Crippen LogP contribution >= 0.6 is 0 Å². The molecule has 0 atom stereocenters. The summed E-state index contributed by atoms with van der Waals surface area (Å²) in [7, 11) is 0. The summed E-state index contributed by atoms with van der Waals surface area (Å²) < 4.78 is 1.81. The summed E-state index contributed by atoms with van der Waals surface area (Å²) in [4.78, 5) is 20.3. The van der Waals surface area contributed by atoms with E-state index in [2.05, 4.69) is 27.4 Å². The van der Waals surface area contributed by atoms with Gasteiger partial charge in [0.2, 0.25) is 5.91 Å². The van der Waals surface area contributed by atoms with Gasteiger partial charge in [-0.3, -0.25) is 9.36 Å². The van der Waals surface area contributed by atoms with Gasteiger partial charge in [-0.2, -0.15) is 0 Å². The van der Waals surface area contributed by atoms with Crippen LogP contribution in [0.2, 0.25) is 0 Å². The molecule has 0 fully saturated rings. The summed E-state index contributed by atoms with van der Waals surface area (Å²) in [6.45, 7) is 0. The number of aryl methyl sites for hydroxylation is 1. The van der Waals surface area contributed by atoms with Gasteiger partial charge >= 0.3 is 0 Å². The first-order chi connectivity index (χ1) is 11.3. The molecule has 5 heteroatoms. The second kappa shape index (κ2) is 7.35. The van der Waals surface area contributed by atoms with Crippen molar-refractivity contribution < 1.29 is 4.79 Å². The summed E-state index contributed by atoms with van der Waals surface area (Å²) in [6, 6.07) is 13.9. The maximum absolute atomic E-state index is 12.0. The lowest BCUT2D eigenvalue weighted by molar-refractivity contribution is -0.116. The lowest BCUT2D eigenvalue weighted by Crippen LogP contribution is -2.12. The Kier molecular flexibility index (Phi) is 4.79. The van der Waals surface area contributed by atoms with Crippen LogP contribution in [0, 0.1) is 0 Å². The van der Waals surface area contributed by atoms with Crippen molar-refractivity contribution in [3.8, 4) is 5.82 Å². The van der Waals surface area contributed by atoms with Crippen molar-refractivity contribution in [2.75, 3.05) is 5.32 Å². The maximum atomic E-state index is 12.0. The molecule has 23 heavy (non-hydrogen) atoms. The van der Waals surface area contributed by atoms with Crippen LogP contribution in [0.15, 0.2) is 67.4 Å². The molecule has 0 aliphatic rings. The van der Waals surface area contributed by atoms with Crippen molar-refractivity contribution in [2.24, 2.45) is 0 Å². The molecular formula is C18H18N4O. The van der Waals surface area contributed by atoms with E-state index in [0.717, 1.165) is 18.7 Å². The number of pyridine rings is 1. The Morgan fingerprint density at radius 3 is 2.70 bits per heavy atom. The number of hydrogen-bond acceptors (Lipinski definition) is 3. The van der Waals surface area contributed by atoms with Gasteiger partial charge in [-0.1, -0.05) is 30.3 Å². The molecule has 3 aromatic rings. The van der Waals surface area contributed by atoms with Crippen molar-refractivity contribution >= 4 is 11.6 Å². The molecule has 2 heterocycles. The van der Waals surface area contributed by atoms with E-state index in [9.17, 15) is 4.79 Å². The van der Waals surface area contributed by atoms with Gasteiger partial charge in [-0.25, -0.2) is 9.97 Å². The Bertz CT molecular complexity index is 736. The van der Waals surface area contributed by atoms with Gasteiger partial charge in [0, 0.05) is 18.8 Å². The van der Waals surface area contributed by atoms with Crippen LogP contribution in [0.1, 0.15) is 18.4 Å². The number of imidazole rings is 1. The van der Waals surface area contributed by atoms with Crippen molar-refractivity contribution in [1.82, 2.24) is 14.5 Å². The normalized spacial score (nSPS) is 10.4. The standard InChI is InChI=1S/C18H18N4O/c23-18(8-4-7-15-5-2-1-3-6-15)21-16-9-10-17(20-13-16)22-12-11-19-14-22/h1-3,5-6,9-14H,4,7-8H2,(H,21,23). The molecular weight excluding hydrogens is 288 g/mol. The second-order valence-corrected chi connectivity index (χ2v) is 5.26. The molecule has 5 nitrogen and oxygen atoms in total. The monoisotopic (exact) mass is 306 g/mol. The average molecular weight is 306 g/mol. The summed E-state index contributed by atoms with van der Waals surface area (Å²) >= 11 is 0. The molecule has 0 radical (unpaired) electrons. The van der Waals surface area contributed by atoms with E-state index < -0.39 is 0 Å². The first-order valence-electron chi connectivity index (χ1n) is 7.59. The number of anilines is 1. The van der Waals surface area contributed by atoms with Crippen LogP contribution < -0.4 is 5.32 Å². The third-order valence-corrected chi connectivity index (χ3v) is 3.51. The SMILES string of the molecule is O=C(CCCc1ccccc1)Nc1ccc(-n2ccnc2)nc1.